The van der Waals surface area contributed by atoms with E-state index in [9.17, 15) is 0 Å². The van der Waals surface area contributed by atoms with Gasteiger partial charge in [-0.1, -0.05) is 35.9 Å². The van der Waals surface area contributed by atoms with Crippen LogP contribution < -0.4 is 0 Å². The second-order valence-electron chi connectivity index (χ2n) is 5.23. The molecule has 0 radical (unpaired) electrons. The highest BCUT2D eigenvalue weighted by Crippen LogP contribution is 2.25. The average molecular weight is 248 g/mol. The van der Waals surface area contributed by atoms with Gasteiger partial charge >= 0.3 is 0 Å². The normalized spacial score (nSPS) is 14.1. The Hall–Kier alpha value is -2.11. The second-order valence-corrected chi connectivity index (χ2v) is 5.23. The summed E-state index contributed by atoms with van der Waals surface area (Å²) >= 11 is 0. The van der Waals surface area contributed by atoms with Gasteiger partial charge in [0.25, 0.3) is 0 Å². The van der Waals surface area contributed by atoms with E-state index in [1.54, 1.807) is 0 Å². The molecular weight excluding hydrogens is 232 g/mol. The maximum Gasteiger partial charge on any atom is 0.0991 e. The number of benzene rings is 2. The Morgan fingerprint density at radius 2 is 1.79 bits per heavy atom. The molecule has 1 heterocycles. The number of hydrogen-bond acceptors (Lipinski definition) is 2. The first-order valence-electron chi connectivity index (χ1n) is 6.54. The van der Waals surface area contributed by atoms with Crippen LogP contribution in [-0.2, 0) is 19.6 Å². The van der Waals surface area contributed by atoms with Gasteiger partial charge in [-0.15, -0.1) is 0 Å². The molecule has 0 aromatic heterocycles. The number of aryl methyl sites for hydroxylation is 1. The maximum absolute atomic E-state index is 8.93. The third kappa shape index (κ3) is 2.52. The summed E-state index contributed by atoms with van der Waals surface area (Å²) in [6.07, 6.45) is 0. The molecule has 0 spiro atoms. The van der Waals surface area contributed by atoms with E-state index >= 15 is 0 Å². The van der Waals surface area contributed by atoms with Crippen molar-refractivity contribution in [1.82, 2.24) is 4.90 Å². The Morgan fingerprint density at radius 3 is 2.53 bits per heavy atom. The largest absolute Gasteiger partial charge is 0.291 e. The minimum absolute atomic E-state index is 0.760. The fraction of sp³-hybridized carbons (Fsp3) is 0.235. The van der Waals surface area contributed by atoms with Crippen LogP contribution in [0.2, 0.25) is 0 Å². The standard InChI is InChI=1S/C17H16N2/c1-13-2-4-14(5-3-13)10-19-11-16-7-6-15(9-18)8-17(16)12-19/h2-8H,10-12H2,1H3. The molecule has 2 aromatic carbocycles. The van der Waals surface area contributed by atoms with Crippen LogP contribution in [0.15, 0.2) is 42.5 Å². The fourth-order valence-electron chi connectivity index (χ4n) is 2.60. The summed E-state index contributed by atoms with van der Waals surface area (Å²) in [5, 5.41) is 8.93. The molecule has 2 heteroatoms. The lowest BCUT2D eigenvalue weighted by molar-refractivity contribution is 0.275. The molecule has 19 heavy (non-hydrogen) atoms. The number of nitrogens with zero attached hydrogens (tertiary/aromatic N) is 2. The monoisotopic (exact) mass is 248 g/mol. The van der Waals surface area contributed by atoms with Crippen molar-refractivity contribution in [2.24, 2.45) is 0 Å². The van der Waals surface area contributed by atoms with Crippen molar-refractivity contribution in [2.45, 2.75) is 26.6 Å². The van der Waals surface area contributed by atoms with Gasteiger partial charge in [0.1, 0.15) is 0 Å². The van der Waals surface area contributed by atoms with Crippen molar-refractivity contribution in [3.63, 3.8) is 0 Å². The zero-order valence-electron chi connectivity index (χ0n) is 11.1. The van der Waals surface area contributed by atoms with Crippen molar-refractivity contribution < 1.29 is 0 Å². The zero-order chi connectivity index (χ0) is 13.2. The van der Waals surface area contributed by atoms with Crippen LogP contribution in [0.25, 0.3) is 0 Å². The summed E-state index contributed by atoms with van der Waals surface area (Å²) in [5.74, 6) is 0. The van der Waals surface area contributed by atoms with E-state index in [4.69, 9.17) is 5.26 Å². The van der Waals surface area contributed by atoms with Gasteiger partial charge in [-0.05, 0) is 35.7 Å². The highest BCUT2D eigenvalue weighted by Gasteiger charge is 2.19. The molecule has 0 aliphatic carbocycles. The summed E-state index contributed by atoms with van der Waals surface area (Å²) < 4.78 is 0. The van der Waals surface area contributed by atoms with E-state index in [1.165, 1.54) is 22.3 Å². The van der Waals surface area contributed by atoms with Gasteiger partial charge in [0.15, 0.2) is 0 Å². The van der Waals surface area contributed by atoms with Crippen molar-refractivity contribution in [3.05, 3.63) is 70.3 Å². The zero-order valence-corrected chi connectivity index (χ0v) is 11.1. The second kappa shape index (κ2) is 4.87. The Kier molecular flexibility index (Phi) is 3.06. The quantitative estimate of drug-likeness (QED) is 0.814. The Labute approximate surface area is 113 Å². The predicted octanol–water partition coefficient (Wildman–Crippen LogP) is 3.38. The fourth-order valence-corrected chi connectivity index (χ4v) is 2.60. The van der Waals surface area contributed by atoms with E-state index in [0.29, 0.717) is 0 Å². The third-order valence-electron chi connectivity index (χ3n) is 3.65. The lowest BCUT2D eigenvalue weighted by Gasteiger charge is -2.14. The molecule has 2 aromatic rings. The third-order valence-corrected chi connectivity index (χ3v) is 3.65. The summed E-state index contributed by atoms with van der Waals surface area (Å²) in [5.41, 5.74) is 6.05. The molecule has 0 fully saturated rings. The van der Waals surface area contributed by atoms with Crippen LogP contribution in [0.1, 0.15) is 27.8 Å². The molecule has 94 valence electrons. The SMILES string of the molecule is Cc1ccc(CN2Cc3ccc(C#N)cc3C2)cc1. The van der Waals surface area contributed by atoms with Gasteiger partial charge in [0.2, 0.25) is 0 Å². The summed E-state index contributed by atoms with van der Waals surface area (Å²) in [7, 11) is 0. The molecule has 0 saturated heterocycles. The lowest BCUT2D eigenvalue weighted by atomic mass is 10.1. The Balaban J connectivity index is 1.73. The van der Waals surface area contributed by atoms with Gasteiger partial charge < -0.3 is 0 Å². The number of nitriles is 1. The van der Waals surface area contributed by atoms with Crippen LogP contribution in [0.3, 0.4) is 0 Å². The molecule has 0 N–H and O–H groups in total. The molecule has 1 aliphatic rings. The molecule has 1 aliphatic heterocycles. The highest BCUT2D eigenvalue weighted by atomic mass is 15.1. The van der Waals surface area contributed by atoms with E-state index in [0.717, 1.165) is 25.2 Å². The van der Waals surface area contributed by atoms with E-state index in [1.807, 2.05) is 12.1 Å². The maximum atomic E-state index is 8.93. The van der Waals surface area contributed by atoms with Gasteiger partial charge in [-0.3, -0.25) is 4.90 Å². The van der Waals surface area contributed by atoms with Crippen LogP contribution in [-0.4, -0.2) is 4.90 Å². The molecular formula is C17H16N2. The van der Waals surface area contributed by atoms with E-state index in [-0.39, 0.29) is 0 Å². The van der Waals surface area contributed by atoms with E-state index < -0.39 is 0 Å². The summed E-state index contributed by atoms with van der Waals surface area (Å²) in [4.78, 5) is 2.41. The van der Waals surface area contributed by atoms with Crippen molar-refractivity contribution in [3.8, 4) is 6.07 Å². The molecule has 2 nitrogen and oxygen atoms in total. The van der Waals surface area contributed by atoms with Crippen LogP contribution in [0, 0.1) is 18.3 Å². The average Bonchev–Trinajstić information content (AvgIpc) is 2.82. The van der Waals surface area contributed by atoms with Gasteiger partial charge in [0.05, 0.1) is 11.6 Å². The minimum Gasteiger partial charge on any atom is -0.291 e. The van der Waals surface area contributed by atoms with Crippen molar-refractivity contribution in [2.75, 3.05) is 0 Å². The Bertz CT molecular complexity index is 635. The van der Waals surface area contributed by atoms with Gasteiger partial charge in [0, 0.05) is 19.6 Å². The lowest BCUT2D eigenvalue weighted by Crippen LogP contribution is -2.15. The summed E-state index contributed by atoms with van der Waals surface area (Å²) in [6, 6.07) is 16.9. The van der Waals surface area contributed by atoms with Gasteiger partial charge in [-0.25, -0.2) is 0 Å². The van der Waals surface area contributed by atoms with Crippen molar-refractivity contribution in [1.29, 1.82) is 5.26 Å². The van der Waals surface area contributed by atoms with Gasteiger partial charge in [-0.2, -0.15) is 5.26 Å². The van der Waals surface area contributed by atoms with Crippen molar-refractivity contribution >= 4 is 0 Å². The van der Waals surface area contributed by atoms with E-state index in [2.05, 4.69) is 48.2 Å². The molecule has 0 unspecified atom stereocenters. The number of rotatable bonds is 2. The highest BCUT2D eigenvalue weighted by molar-refractivity contribution is 5.40. The topological polar surface area (TPSA) is 27.0 Å². The van der Waals surface area contributed by atoms with Crippen LogP contribution in [0.4, 0.5) is 0 Å². The number of fused-ring (bicyclic) bond motifs is 1. The molecule has 0 bridgehead atoms. The smallest absolute Gasteiger partial charge is 0.0991 e. The predicted molar refractivity (Wildman–Crippen MR) is 75.3 cm³/mol. The summed E-state index contributed by atoms with van der Waals surface area (Å²) in [6.45, 7) is 5.00. The van der Waals surface area contributed by atoms with Crippen LogP contribution >= 0.6 is 0 Å². The number of hydrogen-bond donors (Lipinski definition) is 0. The Morgan fingerprint density at radius 1 is 1.05 bits per heavy atom. The molecule has 0 saturated carbocycles. The first-order chi connectivity index (χ1) is 9.24. The first-order valence-corrected chi connectivity index (χ1v) is 6.54. The molecule has 3 rings (SSSR count). The molecule has 0 atom stereocenters. The first kappa shape index (κ1) is 12.0. The molecule has 0 amide bonds. The van der Waals surface area contributed by atoms with Crippen LogP contribution in [0.5, 0.6) is 0 Å². The minimum atomic E-state index is 0.760.